The van der Waals surface area contributed by atoms with Crippen molar-refractivity contribution >= 4 is 0 Å². The van der Waals surface area contributed by atoms with E-state index in [0.717, 1.165) is 45.6 Å². The van der Waals surface area contributed by atoms with E-state index in [2.05, 4.69) is 18.7 Å². The van der Waals surface area contributed by atoms with Crippen molar-refractivity contribution in [3.63, 3.8) is 0 Å². The third kappa shape index (κ3) is 9.42. The summed E-state index contributed by atoms with van der Waals surface area (Å²) in [6.45, 7) is 10.8. The van der Waals surface area contributed by atoms with Crippen molar-refractivity contribution in [1.29, 1.82) is 0 Å². The molecule has 0 aliphatic carbocycles. The summed E-state index contributed by atoms with van der Waals surface area (Å²) < 4.78 is 16.5. The molecule has 0 aromatic rings. The Morgan fingerprint density at radius 2 is 1.62 bits per heavy atom. The zero-order valence-corrected chi connectivity index (χ0v) is 13.9. The second-order valence-corrected chi connectivity index (χ2v) is 5.86. The van der Waals surface area contributed by atoms with Crippen LogP contribution in [0.4, 0.5) is 0 Å². The maximum absolute atomic E-state index is 5.96. The van der Waals surface area contributed by atoms with Gasteiger partial charge in [0, 0.05) is 25.2 Å². The summed E-state index contributed by atoms with van der Waals surface area (Å²) in [7, 11) is 0. The molecule has 21 heavy (non-hydrogen) atoms. The van der Waals surface area contributed by atoms with E-state index in [1.807, 2.05) is 0 Å². The SMILES string of the molecule is CCCCOCCOCCOCCN1CCC(N)CC1C. The summed E-state index contributed by atoms with van der Waals surface area (Å²) in [6, 6.07) is 0.957. The predicted octanol–water partition coefficient (Wildman–Crippen LogP) is 1.65. The highest BCUT2D eigenvalue weighted by atomic mass is 16.5. The van der Waals surface area contributed by atoms with Crippen molar-refractivity contribution in [2.24, 2.45) is 5.73 Å². The zero-order valence-electron chi connectivity index (χ0n) is 13.9. The third-order valence-corrected chi connectivity index (χ3v) is 3.96. The summed E-state index contributed by atoms with van der Waals surface area (Å²) in [5, 5.41) is 0. The van der Waals surface area contributed by atoms with Gasteiger partial charge in [0.1, 0.15) is 0 Å². The smallest absolute Gasteiger partial charge is 0.0701 e. The average molecular weight is 302 g/mol. The minimum atomic E-state index is 0.380. The Labute approximate surface area is 130 Å². The molecule has 1 rings (SSSR count). The fraction of sp³-hybridized carbons (Fsp3) is 1.00. The highest BCUT2D eigenvalue weighted by molar-refractivity contribution is 4.80. The van der Waals surface area contributed by atoms with Crippen LogP contribution in [0.1, 0.15) is 39.5 Å². The molecule has 0 aromatic heterocycles. The number of rotatable bonds is 12. The molecular formula is C16H34N2O3. The van der Waals surface area contributed by atoms with Crippen LogP contribution in [0.25, 0.3) is 0 Å². The molecule has 0 bridgehead atoms. The lowest BCUT2D eigenvalue weighted by Gasteiger charge is -2.36. The molecule has 126 valence electrons. The van der Waals surface area contributed by atoms with E-state index in [1.165, 1.54) is 6.42 Å². The molecule has 0 radical (unpaired) electrons. The lowest BCUT2D eigenvalue weighted by Crippen LogP contribution is -2.46. The van der Waals surface area contributed by atoms with Crippen molar-refractivity contribution in [2.45, 2.75) is 51.6 Å². The van der Waals surface area contributed by atoms with E-state index < -0.39 is 0 Å². The minimum absolute atomic E-state index is 0.380. The largest absolute Gasteiger partial charge is 0.379 e. The molecule has 5 nitrogen and oxygen atoms in total. The van der Waals surface area contributed by atoms with E-state index in [1.54, 1.807) is 0 Å². The molecule has 2 unspecified atom stereocenters. The van der Waals surface area contributed by atoms with Gasteiger partial charge in [0.15, 0.2) is 0 Å². The highest BCUT2D eigenvalue weighted by Gasteiger charge is 2.22. The average Bonchev–Trinajstić information content (AvgIpc) is 2.46. The van der Waals surface area contributed by atoms with Gasteiger partial charge in [0.25, 0.3) is 0 Å². The first kappa shape index (κ1) is 18.8. The first-order valence-corrected chi connectivity index (χ1v) is 8.47. The number of nitrogens with zero attached hydrogens (tertiary/aromatic N) is 1. The molecule has 2 N–H and O–H groups in total. The van der Waals surface area contributed by atoms with Gasteiger partial charge in [-0.15, -0.1) is 0 Å². The maximum Gasteiger partial charge on any atom is 0.0701 e. The Morgan fingerprint density at radius 3 is 2.24 bits per heavy atom. The maximum atomic E-state index is 5.96. The number of ether oxygens (including phenoxy) is 3. The predicted molar refractivity (Wildman–Crippen MR) is 85.6 cm³/mol. The van der Waals surface area contributed by atoms with Gasteiger partial charge < -0.3 is 19.9 Å². The van der Waals surface area contributed by atoms with Crippen molar-refractivity contribution < 1.29 is 14.2 Å². The van der Waals surface area contributed by atoms with Crippen molar-refractivity contribution in [2.75, 3.05) is 52.7 Å². The van der Waals surface area contributed by atoms with E-state index in [-0.39, 0.29) is 0 Å². The van der Waals surface area contributed by atoms with Gasteiger partial charge in [-0.05, 0) is 32.7 Å². The monoisotopic (exact) mass is 302 g/mol. The normalized spacial score (nSPS) is 23.6. The number of likely N-dealkylation sites (tertiary alicyclic amines) is 1. The summed E-state index contributed by atoms with van der Waals surface area (Å²) in [5.41, 5.74) is 5.96. The first-order chi connectivity index (χ1) is 10.2. The second-order valence-electron chi connectivity index (χ2n) is 5.86. The topological polar surface area (TPSA) is 57.0 Å². The lowest BCUT2D eigenvalue weighted by molar-refractivity contribution is 0.00621. The van der Waals surface area contributed by atoms with E-state index in [0.29, 0.717) is 38.5 Å². The summed E-state index contributed by atoms with van der Waals surface area (Å²) in [5.74, 6) is 0. The molecule has 0 aromatic carbocycles. The quantitative estimate of drug-likeness (QED) is 0.556. The van der Waals surface area contributed by atoms with E-state index >= 15 is 0 Å². The summed E-state index contributed by atoms with van der Waals surface area (Å²) in [4.78, 5) is 2.46. The fourth-order valence-electron chi connectivity index (χ4n) is 2.56. The molecule has 0 saturated carbocycles. The van der Waals surface area contributed by atoms with Crippen LogP contribution in [0.15, 0.2) is 0 Å². The fourth-order valence-corrected chi connectivity index (χ4v) is 2.56. The number of hydrogen-bond acceptors (Lipinski definition) is 5. The second kappa shape index (κ2) is 12.4. The molecule has 1 aliphatic heterocycles. The van der Waals surface area contributed by atoms with Gasteiger partial charge in [-0.3, -0.25) is 4.90 Å². The summed E-state index contributed by atoms with van der Waals surface area (Å²) >= 11 is 0. The molecule has 0 amide bonds. The molecule has 1 aliphatic rings. The molecule has 1 fully saturated rings. The van der Waals surface area contributed by atoms with Gasteiger partial charge in [0.05, 0.1) is 33.0 Å². The molecule has 1 saturated heterocycles. The van der Waals surface area contributed by atoms with Crippen molar-refractivity contribution in [1.82, 2.24) is 4.90 Å². The molecule has 2 atom stereocenters. The number of nitrogens with two attached hydrogens (primary N) is 1. The van der Waals surface area contributed by atoms with Gasteiger partial charge in [-0.25, -0.2) is 0 Å². The molecule has 1 heterocycles. The lowest BCUT2D eigenvalue weighted by atomic mass is 9.99. The van der Waals surface area contributed by atoms with Crippen LogP contribution in [0.5, 0.6) is 0 Å². The van der Waals surface area contributed by atoms with Crippen LogP contribution < -0.4 is 5.73 Å². The van der Waals surface area contributed by atoms with E-state index in [9.17, 15) is 0 Å². The van der Waals surface area contributed by atoms with Gasteiger partial charge in [-0.1, -0.05) is 13.3 Å². The Balaban J connectivity index is 1.82. The van der Waals surface area contributed by atoms with Gasteiger partial charge in [-0.2, -0.15) is 0 Å². The highest BCUT2D eigenvalue weighted by Crippen LogP contribution is 2.14. The Morgan fingerprint density at radius 1 is 1.00 bits per heavy atom. The molecule has 0 spiro atoms. The zero-order chi connectivity index (χ0) is 15.3. The van der Waals surface area contributed by atoms with Crippen LogP contribution >= 0.6 is 0 Å². The van der Waals surface area contributed by atoms with Gasteiger partial charge in [0.2, 0.25) is 0 Å². The Kier molecular flexibility index (Phi) is 11.1. The Hall–Kier alpha value is -0.200. The van der Waals surface area contributed by atoms with Crippen LogP contribution in [-0.2, 0) is 14.2 Å². The van der Waals surface area contributed by atoms with Crippen molar-refractivity contribution in [3.05, 3.63) is 0 Å². The number of unbranched alkanes of at least 4 members (excludes halogenated alkanes) is 1. The van der Waals surface area contributed by atoms with Gasteiger partial charge >= 0.3 is 0 Å². The van der Waals surface area contributed by atoms with Crippen molar-refractivity contribution in [3.8, 4) is 0 Å². The summed E-state index contributed by atoms with van der Waals surface area (Å²) in [6.07, 6.45) is 4.51. The molecule has 5 heteroatoms. The number of piperidine rings is 1. The van der Waals surface area contributed by atoms with Crippen LogP contribution in [0.2, 0.25) is 0 Å². The number of hydrogen-bond donors (Lipinski definition) is 1. The van der Waals surface area contributed by atoms with Crippen LogP contribution in [0.3, 0.4) is 0 Å². The van der Waals surface area contributed by atoms with Crippen LogP contribution in [0, 0.1) is 0 Å². The third-order valence-electron chi connectivity index (χ3n) is 3.96. The van der Waals surface area contributed by atoms with E-state index in [4.69, 9.17) is 19.9 Å². The molecular weight excluding hydrogens is 268 g/mol. The van der Waals surface area contributed by atoms with Crippen LogP contribution in [-0.4, -0.2) is 69.7 Å². The Bertz CT molecular complexity index is 242. The first-order valence-electron chi connectivity index (χ1n) is 8.47. The standard InChI is InChI=1S/C16H34N2O3/c1-3-4-8-19-10-12-21-13-11-20-9-7-18-6-5-16(17)14-15(18)2/h15-16H,3-14,17H2,1-2H3. The minimum Gasteiger partial charge on any atom is -0.379 e.